The van der Waals surface area contributed by atoms with Crippen LogP contribution in [0.5, 0.6) is 0 Å². The summed E-state index contributed by atoms with van der Waals surface area (Å²) in [5.41, 5.74) is 0. The Morgan fingerprint density at radius 3 is 2.39 bits per heavy atom. The van der Waals surface area contributed by atoms with E-state index in [4.69, 9.17) is 19.3 Å². The van der Waals surface area contributed by atoms with Gasteiger partial charge in [-0.1, -0.05) is 6.58 Å². The number of aliphatic hydroxyl groups is 1. The van der Waals surface area contributed by atoms with E-state index in [0.29, 0.717) is 25.6 Å². The molecular weight excluding hydrogens is 236 g/mol. The Kier molecular flexibility index (Phi) is 9.77. The van der Waals surface area contributed by atoms with E-state index in [9.17, 15) is 4.79 Å². The number of aliphatic hydroxyl groups excluding tert-OH is 1. The average molecular weight is 258 g/mol. The largest absolute Gasteiger partial charge is 0.466 e. The molecule has 0 fully saturated rings. The van der Waals surface area contributed by atoms with Crippen molar-refractivity contribution in [2.45, 2.75) is 32.8 Å². The van der Waals surface area contributed by atoms with Crippen molar-refractivity contribution in [2.24, 2.45) is 0 Å². The first-order valence-corrected chi connectivity index (χ1v) is 5.99. The van der Waals surface area contributed by atoms with Crippen molar-refractivity contribution in [3.8, 4) is 0 Å². The lowest BCUT2D eigenvalue weighted by atomic mass is 10.3. The number of hydrogen-bond acceptors (Lipinski definition) is 5. The smallest absolute Gasteiger partial charge is 0.330 e. The lowest BCUT2D eigenvalue weighted by Crippen LogP contribution is -2.12. The van der Waals surface area contributed by atoms with Gasteiger partial charge in [0, 0.05) is 6.08 Å². The van der Waals surface area contributed by atoms with Crippen LogP contribution in [0.2, 0.25) is 0 Å². The van der Waals surface area contributed by atoms with Crippen LogP contribution in [0.3, 0.4) is 0 Å². The average Bonchev–Trinajstić information content (AvgIpc) is 2.36. The van der Waals surface area contributed by atoms with Crippen molar-refractivity contribution in [1.29, 1.82) is 0 Å². The van der Waals surface area contributed by atoms with Crippen LogP contribution >= 0.6 is 0 Å². The van der Waals surface area contributed by atoms with E-state index in [1.54, 1.807) is 19.9 Å². The van der Waals surface area contributed by atoms with Crippen LogP contribution in [0.4, 0.5) is 0 Å². The zero-order valence-electron chi connectivity index (χ0n) is 11.1. The maximum Gasteiger partial charge on any atom is 0.330 e. The van der Waals surface area contributed by atoms with Crippen LogP contribution in [0, 0.1) is 0 Å². The fourth-order valence-electron chi connectivity index (χ4n) is 1.02. The molecular formula is C13H22O5. The van der Waals surface area contributed by atoms with Gasteiger partial charge in [-0.05, 0) is 32.8 Å². The Morgan fingerprint density at radius 2 is 1.89 bits per heavy atom. The summed E-state index contributed by atoms with van der Waals surface area (Å²) in [6.07, 6.45) is 3.77. The molecule has 5 heteroatoms. The van der Waals surface area contributed by atoms with Crippen LogP contribution in [-0.2, 0) is 19.0 Å². The molecule has 0 spiro atoms. The number of hydrogen-bond donors (Lipinski definition) is 1. The second-order valence-electron chi connectivity index (χ2n) is 3.69. The van der Waals surface area contributed by atoms with Crippen LogP contribution in [0.25, 0.3) is 0 Å². The van der Waals surface area contributed by atoms with E-state index in [-0.39, 0.29) is 6.61 Å². The summed E-state index contributed by atoms with van der Waals surface area (Å²) in [6.45, 7) is 7.77. The SMILES string of the molecule is C=CC(=O)OCCCCOC(=CC)OCC(C)O. The van der Waals surface area contributed by atoms with Crippen LogP contribution in [0.15, 0.2) is 24.7 Å². The molecule has 0 heterocycles. The van der Waals surface area contributed by atoms with E-state index in [2.05, 4.69) is 6.58 Å². The molecule has 0 aromatic heterocycles. The van der Waals surface area contributed by atoms with Crippen molar-refractivity contribution >= 4 is 5.97 Å². The third-order valence-corrected chi connectivity index (χ3v) is 1.90. The molecule has 0 aromatic carbocycles. The summed E-state index contributed by atoms with van der Waals surface area (Å²) < 4.78 is 15.4. The molecule has 104 valence electrons. The quantitative estimate of drug-likeness (QED) is 0.280. The number of unbranched alkanes of at least 4 members (excludes halogenated alkanes) is 1. The lowest BCUT2D eigenvalue weighted by molar-refractivity contribution is -0.137. The molecule has 0 amide bonds. The first kappa shape index (κ1) is 16.5. The molecule has 0 radical (unpaired) electrons. The third-order valence-electron chi connectivity index (χ3n) is 1.90. The van der Waals surface area contributed by atoms with E-state index in [0.717, 1.165) is 12.5 Å². The molecule has 0 aliphatic carbocycles. The fraction of sp³-hybridized carbons (Fsp3) is 0.615. The molecule has 1 atom stereocenters. The predicted molar refractivity (Wildman–Crippen MR) is 67.7 cm³/mol. The second-order valence-corrected chi connectivity index (χ2v) is 3.69. The summed E-state index contributed by atoms with van der Waals surface area (Å²) in [7, 11) is 0. The molecule has 1 unspecified atom stereocenters. The maximum absolute atomic E-state index is 10.7. The highest BCUT2D eigenvalue weighted by Crippen LogP contribution is 2.03. The van der Waals surface area contributed by atoms with Gasteiger partial charge in [-0.15, -0.1) is 0 Å². The summed E-state index contributed by atoms with van der Waals surface area (Å²) >= 11 is 0. The molecule has 18 heavy (non-hydrogen) atoms. The molecule has 0 aromatic rings. The Bertz CT molecular complexity index is 271. The van der Waals surface area contributed by atoms with Crippen molar-refractivity contribution < 1.29 is 24.1 Å². The van der Waals surface area contributed by atoms with Crippen LogP contribution in [-0.4, -0.2) is 37.0 Å². The summed E-state index contributed by atoms with van der Waals surface area (Å²) in [5.74, 6) is -0.00989. The van der Waals surface area contributed by atoms with Gasteiger partial charge in [-0.25, -0.2) is 4.79 Å². The second kappa shape index (κ2) is 10.7. The van der Waals surface area contributed by atoms with Gasteiger partial charge in [0.25, 0.3) is 5.95 Å². The normalized spacial score (nSPS) is 12.7. The lowest BCUT2D eigenvalue weighted by Gasteiger charge is -2.12. The highest BCUT2D eigenvalue weighted by Gasteiger charge is 2.01. The van der Waals surface area contributed by atoms with Gasteiger partial charge < -0.3 is 19.3 Å². The fourth-order valence-corrected chi connectivity index (χ4v) is 1.02. The molecule has 0 aliphatic heterocycles. The highest BCUT2D eigenvalue weighted by molar-refractivity contribution is 5.81. The molecule has 0 aliphatic rings. The van der Waals surface area contributed by atoms with Crippen molar-refractivity contribution in [1.82, 2.24) is 0 Å². The standard InChI is InChI=1S/C13H22O5/c1-4-12(15)16-8-6-7-9-17-13(5-2)18-10-11(3)14/h4-5,11,14H,1,6-10H2,2-3H3. The predicted octanol–water partition coefficient (Wildman–Crippen LogP) is 1.77. The summed E-state index contributed by atoms with van der Waals surface area (Å²) in [4.78, 5) is 10.7. The zero-order valence-corrected chi connectivity index (χ0v) is 11.1. The number of allylic oxidation sites excluding steroid dienone is 1. The molecule has 5 nitrogen and oxygen atoms in total. The van der Waals surface area contributed by atoms with Crippen LogP contribution < -0.4 is 0 Å². The summed E-state index contributed by atoms with van der Waals surface area (Å²) in [5, 5.41) is 9.05. The zero-order chi connectivity index (χ0) is 13.8. The molecule has 0 rings (SSSR count). The number of ether oxygens (including phenoxy) is 3. The minimum atomic E-state index is -0.526. The van der Waals surface area contributed by atoms with Gasteiger partial charge in [-0.2, -0.15) is 0 Å². The Hall–Kier alpha value is -1.49. The van der Waals surface area contributed by atoms with Gasteiger partial charge in [0.05, 0.1) is 19.3 Å². The monoisotopic (exact) mass is 258 g/mol. The Balaban J connectivity index is 3.51. The number of rotatable bonds is 10. The van der Waals surface area contributed by atoms with Gasteiger partial charge in [0.1, 0.15) is 6.61 Å². The van der Waals surface area contributed by atoms with E-state index >= 15 is 0 Å². The maximum atomic E-state index is 10.7. The first-order valence-electron chi connectivity index (χ1n) is 5.99. The highest BCUT2D eigenvalue weighted by atomic mass is 16.7. The van der Waals surface area contributed by atoms with E-state index in [1.807, 2.05) is 0 Å². The van der Waals surface area contributed by atoms with Crippen molar-refractivity contribution in [3.05, 3.63) is 24.7 Å². The van der Waals surface area contributed by atoms with Gasteiger partial charge >= 0.3 is 5.97 Å². The van der Waals surface area contributed by atoms with Crippen LogP contribution in [0.1, 0.15) is 26.7 Å². The minimum Gasteiger partial charge on any atom is -0.466 e. The molecule has 0 saturated carbocycles. The third kappa shape index (κ3) is 9.72. The minimum absolute atomic E-state index is 0.205. The summed E-state index contributed by atoms with van der Waals surface area (Å²) in [6, 6.07) is 0. The molecule has 0 bridgehead atoms. The molecule has 1 N–H and O–H groups in total. The van der Waals surface area contributed by atoms with Gasteiger partial charge in [0.2, 0.25) is 0 Å². The van der Waals surface area contributed by atoms with E-state index < -0.39 is 12.1 Å². The van der Waals surface area contributed by atoms with E-state index in [1.165, 1.54) is 0 Å². The van der Waals surface area contributed by atoms with Crippen molar-refractivity contribution in [2.75, 3.05) is 19.8 Å². The Morgan fingerprint density at radius 1 is 1.28 bits per heavy atom. The number of carbonyl (C=O) groups is 1. The molecule has 0 saturated heterocycles. The number of esters is 1. The topological polar surface area (TPSA) is 65.0 Å². The number of carbonyl (C=O) groups excluding carboxylic acids is 1. The first-order chi connectivity index (χ1) is 8.60. The Labute approximate surface area is 108 Å². The van der Waals surface area contributed by atoms with Gasteiger partial charge in [0.15, 0.2) is 0 Å². The van der Waals surface area contributed by atoms with Gasteiger partial charge in [-0.3, -0.25) is 0 Å². The van der Waals surface area contributed by atoms with Crippen molar-refractivity contribution in [3.63, 3.8) is 0 Å².